The van der Waals surface area contributed by atoms with E-state index in [-0.39, 0.29) is 11.8 Å². The molecule has 1 fully saturated rings. The van der Waals surface area contributed by atoms with Gasteiger partial charge < -0.3 is 15.0 Å². The first-order valence-electron chi connectivity index (χ1n) is 6.73. The van der Waals surface area contributed by atoms with Crippen molar-refractivity contribution in [1.82, 2.24) is 10.2 Å². The van der Waals surface area contributed by atoms with Gasteiger partial charge in [-0.3, -0.25) is 4.79 Å². The third-order valence-electron chi connectivity index (χ3n) is 3.48. The predicted molar refractivity (Wildman–Crippen MR) is 75.5 cm³/mol. The van der Waals surface area contributed by atoms with Crippen LogP contribution in [0.2, 0.25) is 0 Å². The molecule has 0 unspecified atom stereocenters. The molecule has 0 bridgehead atoms. The highest BCUT2D eigenvalue weighted by molar-refractivity contribution is 5.76. The monoisotopic (exact) mass is 262 g/mol. The molecule has 19 heavy (non-hydrogen) atoms. The Balaban J connectivity index is 1.91. The fraction of sp³-hybridized carbons (Fsp3) is 0.533. The number of rotatable bonds is 5. The van der Waals surface area contributed by atoms with E-state index in [1.54, 1.807) is 19.0 Å². The maximum atomic E-state index is 11.7. The first-order chi connectivity index (χ1) is 9.06. The predicted octanol–water partition coefficient (Wildman–Crippen LogP) is 1.62. The Morgan fingerprint density at radius 2 is 2.00 bits per heavy atom. The molecule has 0 spiro atoms. The summed E-state index contributed by atoms with van der Waals surface area (Å²) in [4.78, 5) is 13.3. The molecule has 0 aliphatic carbocycles. The second-order valence-corrected chi connectivity index (χ2v) is 5.36. The fourth-order valence-electron chi connectivity index (χ4n) is 1.98. The van der Waals surface area contributed by atoms with Crippen LogP contribution in [0.3, 0.4) is 0 Å². The van der Waals surface area contributed by atoms with Crippen LogP contribution in [0.25, 0.3) is 0 Å². The normalized spacial score (nSPS) is 16.6. The number of benzene rings is 1. The van der Waals surface area contributed by atoms with Crippen LogP contribution in [0.5, 0.6) is 5.75 Å². The molecule has 1 aromatic rings. The molecular weight excluding hydrogens is 240 g/mol. The molecular formula is C15H22N2O2. The third-order valence-corrected chi connectivity index (χ3v) is 3.48. The van der Waals surface area contributed by atoms with E-state index in [2.05, 4.69) is 24.4 Å². The Labute approximate surface area is 114 Å². The van der Waals surface area contributed by atoms with Gasteiger partial charge in [0.1, 0.15) is 11.9 Å². The van der Waals surface area contributed by atoms with Gasteiger partial charge in [-0.15, -0.1) is 0 Å². The van der Waals surface area contributed by atoms with Crippen molar-refractivity contribution in [1.29, 1.82) is 0 Å². The largest absolute Gasteiger partial charge is 0.488 e. The molecule has 1 amide bonds. The molecule has 104 valence electrons. The molecule has 1 atom stereocenters. The SMILES string of the molecule is C[C@H](CC(=O)N(C)C)c1ccc(OC2CNC2)cc1. The Morgan fingerprint density at radius 1 is 1.37 bits per heavy atom. The molecule has 0 saturated carbocycles. The maximum Gasteiger partial charge on any atom is 0.222 e. The van der Waals surface area contributed by atoms with Gasteiger partial charge in [0.15, 0.2) is 0 Å². The van der Waals surface area contributed by atoms with Crippen LogP contribution >= 0.6 is 0 Å². The van der Waals surface area contributed by atoms with Crippen LogP contribution in [-0.2, 0) is 4.79 Å². The minimum atomic E-state index is 0.161. The minimum Gasteiger partial charge on any atom is -0.488 e. The van der Waals surface area contributed by atoms with Crippen molar-refractivity contribution in [3.8, 4) is 5.75 Å². The van der Waals surface area contributed by atoms with Crippen molar-refractivity contribution in [2.75, 3.05) is 27.2 Å². The number of carbonyl (C=O) groups is 1. The molecule has 0 aromatic heterocycles. The standard InChI is InChI=1S/C15H22N2O2/c1-11(8-15(18)17(2)3)12-4-6-13(7-5-12)19-14-9-16-10-14/h4-7,11,14,16H,8-10H2,1-3H3/t11-/m1/s1. The minimum absolute atomic E-state index is 0.161. The van der Waals surface area contributed by atoms with E-state index in [1.165, 1.54) is 5.56 Å². The van der Waals surface area contributed by atoms with E-state index in [0.717, 1.165) is 18.8 Å². The van der Waals surface area contributed by atoms with Gasteiger partial charge in [-0.1, -0.05) is 19.1 Å². The number of nitrogens with zero attached hydrogens (tertiary/aromatic N) is 1. The molecule has 4 heteroatoms. The van der Waals surface area contributed by atoms with Gasteiger partial charge in [-0.25, -0.2) is 0 Å². The number of hydrogen-bond acceptors (Lipinski definition) is 3. The summed E-state index contributed by atoms with van der Waals surface area (Å²) >= 11 is 0. The van der Waals surface area contributed by atoms with Gasteiger partial charge in [0, 0.05) is 33.6 Å². The van der Waals surface area contributed by atoms with Crippen molar-refractivity contribution in [2.24, 2.45) is 0 Å². The molecule has 1 heterocycles. The second kappa shape index (κ2) is 6.06. The first kappa shape index (κ1) is 13.9. The van der Waals surface area contributed by atoms with Crippen molar-refractivity contribution >= 4 is 5.91 Å². The van der Waals surface area contributed by atoms with Crippen LogP contribution in [-0.4, -0.2) is 44.1 Å². The average Bonchev–Trinajstić information content (AvgIpc) is 2.34. The van der Waals surface area contributed by atoms with Crippen LogP contribution in [0, 0.1) is 0 Å². The highest BCUT2D eigenvalue weighted by atomic mass is 16.5. The summed E-state index contributed by atoms with van der Waals surface area (Å²) in [5, 5.41) is 3.18. The Kier molecular flexibility index (Phi) is 4.43. The van der Waals surface area contributed by atoms with E-state index in [4.69, 9.17) is 4.74 Å². The van der Waals surface area contributed by atoms with Gasteiger partial charge >= 0.3 is 0 Å². The number of amides is 1. The van der Waals surface area contributed by atoms with Gasteiger partial charge in [0.05, 0.1) is 0 Å². The zero-order valence-electron chi connectivity index (χ0n) is 11.8. The summed E-state index contributed by atoms with van der Waals surface area (Å²) < 4.78 is 5.77. The molecule has 2 rings (SSSR count). The lowest BCUT2D eigenvalue weighted by Gasteiger charge is -2.28. The molecule has 1 saturated heterocycles. The first-order valence-corrected chi connectivity index (χ1v) is 6.73. The Hall–Kier alpha value is -1.55. The molecule has 1 N–H and O–H groups in total. The fourth-order valence-corrected chi connectivity index (χ4v) is 1.98. The summed E-state index contributed by atoms with van der Waals surface area (Å²) in [6, 6.07) is 8.08. The number of carbonyl (C=O) groups excluding carboxylic acids is 1. The van der Waals surface area contributed by atoms with Crippen LogP contribution in [0.4, 0.5) is 0 Å². The van der Waals surface area contributed by atoms with E-state index < -0.39 is 0 Å². The summed E-state index contributed by atoms with van der Waals surface area (Å²) in [7, 11) is 3.58. The summed E-state index contributed by atoms with van der Waals surface area (Å²) in [6.45, 7) is 3.93. The Bertz CT molecular complexity index is 424. The molecule has 4 nitrogen and oxygen atoms in total. The van der Waals surface area contributed by atoms with Crippen LogP contribution in [0.1, 0.15) is 24.8 Å². The van der Waals surface area contributed by atoms with Crippen LogP contribution < -0.4 is 10.1 Å². The van der Waals surface area contributed by atoms with E-state index >= 15 is 0 Å². The van der Waals surface area contributed by atoms with Crippen molar-refractivity contribution in [3.05, 3.63) is 29.8 Å². The average molecular weight is 262 g/mol. The highest BCUT2D eigenvalue weighted by Gasteiger charge is 2.18. The van der Waals surface area contributed by atoms with E-state index in [1.807, 2.05) is 12.1 Å². The zero-order chi connectivity index (χ0) is 13.8. The summed E-state index contributed by atoms with van der Waals surface area (Å²) in [5.41, 5.74) is 1.18. The van der Waals surface area contributed by atoms with Crippen molar-refractivity contribution in [2.45, 2.75) is 25.4 Å². The van der Waals surface area contributed by atoms with Crippen molar-refractivity contribution in [3.63, 3.8) is 0 Å². The third kappa shape index (κ3) is 3.70. The van der Waals surface area contributed by atoms with Crippen molar-refractivity contribution < 1.29 is 9.53 Å². The highest BCUT2D eigenvalue weighted by Crippen LogP contribution is 2.23. The Morgan fingerprint density at radius 3 is 2.47 bits per heavy atom. The quantitative estimate of drug-likeness (QED) is 0.876. The van der Waals surface area contributed by atoms with Gasteiger partial charge in [-0.05, 0) is 23.6 Å². The lowest BCUT2D eigenvalue weighted by molar-refractivity contribution is -0.129. The summed E-state index contributed by atoms with van der Waals surface area (Å²) in [6.07, 6.45) is 0.846. The zero-order valence-corrected chi connectivity index (χ0v) is 11.8. The molecule has 1 aliphatic rings. The van der Waals surface area contributed by atoms with Crippen LogP contribution in [0.15, 0.2) is 24.3 Å². The topological polar surface area (TPSA) is 41.6 Å². The maximum absolute atomic E-state index is 11.7. The van der Waals surface area contributed by atoms with E-state index in [9.17, 15) is 4.79 Å². The molecule has 1 aliphatic heterocycles. The van der Waals surface area contributed by atoms with Gasteiger partial charge in [0.2, 0.25) is 5.91 Å². The number of ether oxygens (including phenoxy) is 1. The van der Waals surface area contributed by atoms with Gasteiger partial charge in [-0.2, -0.15) is 0 Å². The van der Waals surface area contributed by atoms with E-state index in [0.29, 0.717) is 12.5 Å². The number of nitrogens with one attached hydrogen (secondary N) is 1. The second-order valence-electron chi connectivity index (χ2n) is 5.36. The smallest absolute Gasteiger partial charge is 0.222 e. The summed E-state index contributed by atoms with van der Waals surface area (Å²) in [5.74, 6) is 1.30. The van der Waals surface area contributed by atoms with Gasteiger partial charge in [0.25, 0.3) is 0 Å². The molecule has 0 radical (unpaired) electrons. The lowest BCUT2D eigenvalue weighted by Crippen LogP contribution is -2.50. The molecule has 1 aromatic carbocycles. The lowest BCUT2D eigenvalue weighted by atomic mass is 9.97. The number of hydrogen-bond donors (Lipinski definition) is 1.